The number of carboxylic acid groups (broad SMARTS) is 1. The van der Waals surface area contributed by atoms with E-state index in [0.717, 1.165) is 31.5 Å². The number of hydrogen-bond acceptors (Lipinski definition) is 4. The molecule has 0 radical (unpaired) electrons. The van der Waals surface area contributed by atoms with Crippen LogP contribution in [0.5, 0.6) is 5.75 Å². The molecule has 1 aliphatic rings. The molecule has 0 unspecified atom stereocenters. The van der Waals surface area contributed by atoms with E-state index in [2.05, 4.69) is 11.9 Å². The summed E-state index contributed by atoms with van der Waals surface area (Å²) in [5, 5.41) is 9.59. The summed E-state index contributed by atoms with van der Waals surface area (Å²) < 4.78 is 42.6. The fraction of sp³-hybridized carbons (Fsp3) is 0.611. The van der Waals surface area contributed by atoms with Gasteiger partial charge in [0.15, 0.2) is 5.41 Å². The average molecular weight is 373 g/mol. The van der Waals surface area contributed by atoms with Crippen LogP contribution in [0.4, 0.5) is 13.2 Å². The number of esters is 1. The standard InChI is InChI=1S/C18H22F3NO4/c1-2-3-4-12-7-9-17(10-8-12,15(23)24)16(25)26-13-5-6-14(22-11-13)18(19,20)21/h5-6,11-12H,2-4,7-10H2,1H3,(H,23,24). The number of nitrogens with zero attached hydrogens (tertiary/aromatic N) is 1. The van der Waals surface area contributed by atoms with Crippen LogP contribution in [-0.4, -0.2) is 22.0 Å². The number of rotatable bonds is 6. The second-order valence-electron chi connectivity index (χ2n) is 6.74. The Kier molecular flexibility index (Phi) is 6.26. The smallest absolute Gasteiger partial charge is 0.433 e. The number of aromatic nitrogens is 1. The number of alkyl halides is 3. The van der Waals surface area contributed by atoms with Gasteiger partial charge >= 0.3 is 18.1 Å². The number of unbranched alkanes of at least 4 members (excludes halogenated alkanes) is 1. The Labute approximate surface area is 149 Å². The van der Waals surface area contributed by atoms with E-state index >= 15 is 0 Å². The maximum Gasteiger partial charge on any atom is 0.433 e. The number of halogens is 3. The first kappa shape index (κ1) is 20.2. The van der Waals surface area contributed by atoms with Crippen molar-refractivity contribution < 1.29 is 32.6 Å². The first-order valence-corrected chi connectivity index (χ1v) is 8.68. The van der Waals surface area contributed by atoms with Gasteiger partial charge in [-0.2, -0.15) is 13.2 Å². The van der Waals surface area contributed by atoms with Gasteiger partial charge in [-0.1, -0.05) is 26.2 Å². The lowest BCUT2D eigenvalue weighted by atomic mass is 9.69. The first-order valence-electron chi connectivity index (χ1n) is 8.68. The van der Waals surface area contributed by atoms with E-state index in [4.69, 9.17) is 4.74 Å². The molecule has 8 heteroatoms. The van der Waals surface area contributed by atoms with Crippen LogP contribution in [-0.2, 0) is 15.8 Å². The number of carbonyl (C=O) groups is 2. The Balaban J connectivity index is 2.06. The van der Waals surface area contributed by atoms with Gasteiger partial charge in [0, 0.05) is 0 Å². The van der Waals surface area contributed by atoms with Gasteiger partial charge < -0.3 is 9.84 Å². The number of carboxylic acids is 1. The maximum atomic E-state index is 12.5. The Bertz CT molecular complexity index is 635. The van der Waals surface area contributed by atoms with E-state index in [1.165, 1.54) is 0 Å². The topological polar surface area (TPSA) is 76.5 Å². The summed E-state index contributed by atoms with van der Waals surface area (Å²) in [4.78, 5) is 27.4. The predicted octanol–water partition coefficient (Wildman–Crippen LogP) is 4.46. The Morgan fingerprint density at radius 1 is 1.31 bits per heavy atom. The van der Waals surface area contributed by atoms with E-state index in [9.17, 15) is 27.9 Å². The lowest BCUT2D eigenvalue weighted by molar-refractivity contribution is -0.166. The van der Waals surface area contributed by atoms with Crippen molar-refractivity contribution in [1.29, 1.82) is 0 Å². The van der Waals surface area contributed by atoms with Crippen molar-refractivity contribution >= 4 is 11.9 Å². The Morgan fingerprint density at radius 2 is 1.96 bits per heavy atom. The summed E-state index contributed by atoms with van der Waals surface area (Å²) in [6.45, 7) is 2.08. The zero-order valence-electron chi connectivity index (χ0n) is 14.5. The van der Waals surface area contributed by atoms with Gasteiger partial charge in [0.25, 0.3) is 0 Å². The monoisotopic (exact) mass is 373 g/mol. The van der Waals surface area contributed by atoms with Gasteiger partial charge in [-0.15, -0.1) is 0 Å². The SMILES string of the molecule is CCCCC1CCC(C(=O)O)(C(=O)Oc2ccc(C(F)(F)F)nc2)CC1. The van der Waals surface area contributed by atoms with Crippen LogP contribution >= 0.6 is 0 Å². The molecule has 2 rings (SSSR count). The summed E-state index contributed by atoms with van der Waals surface area (Å²) in [5.74, 6) is -2.00. The number of carbonyl (C=O) groups excluding carboxylic acids is 1. The van der Waals surface area contributed by atoms with Gasteiger partial charge in [0.1, 0.15) is 11.4 Å². The van der Waals surface area contributed by atoms with E-state index in [1.807, 2.05) is 0 Å². The van der Waals surface area contributed by atoms with Gasteiger partial charge in [0.2, 0.25) is 0 Å². The van der Waals surface area contributed by atoms with Crippen LogP contribution in [0.3, 0.4) is 0 Å². The number of pyridine rings is 1. The average Bonchev–Trinajstić information content (AvgIpc) is 2.59. The number of hydrogen-bond donors (Lipinski definition) is 1. The van der Waals surface area contributed by atoms with E-state index in [0.29, 0.717) is 24.8 Å². The van der Waals surface area contributed by atoms with Crippen LogP contribution < -0.4 is 4.74 Å². The molecular weight excluding hydrogens is 351 g/mol. The van der Waals surface area contributed by atoms with Gasteiger partial charge in [-0.3, -0.25) is 9.59 Å². The minimum atomic E-state index is -4.60. The van der Waals surface area contributed by atoms with Gasteiger partial charge in [0.05, 0.1) is 6.20 Å². The molecule has 0 atom stereocenters. The second kappa shape index (κ2) is 8.05. The molecule has 1 heterocycles. The molecule has 1 aliphatic carbocycles. The molecule has 1 aromatic rings. The van der Waals surface area contributed by atoms with Crippen molar-refractivity contribution in [1.82, 2.24) is 4.98 Å². The van der Waals surface area contributed by atoms with Crippen molar-refractivity contribution in [3.8, 4) is 5.75 Å². The molecule has 26 heavy (non-hydrogen) atoms. The highest BCUT2D eigenvalue weighted by Gasteiger charge is 2.50. The van der Waals surface area contributed by atoms with Crippen LogP contribution in [0.15, 0.2) is 18.3 Å². The lowest BCUT2D eigenvalue weighted by Gasteiger charge is -2.34. The first-order chi connectivity index (χ1) is 12.2. The van der Waals surface area contributed by atoms with Crippen LogP contribution in [0.25, 0.3) is 0 Å². The van der Waals surface area contributed by atoms with Crippen LogP contribution in [0.1, 0.15) is 57.6 Å². The van der Waals surface area contributed by atoms with Crippen molar-refractivity contribution in [3.63, 3.8) is 0 Å². The maximum absolute atomic E-state index is 12.5. The summed E-state index contributed by atoms with van der Waals surface area (Å²) in [6, 6.07) is 1.66. The summed E-state index contributed by atoms with van der Waals surface area (Å²) >= 11 is 0. The molecule has 144 valence electrons. The lowest BCUT2D eigenvalue weighted by Crippen LogP contribution is -2.45. The number of aliphatic carboxylic acids is 1. The molecule has 0 bridgehead atoms. The highest BCUT2D eigenvalue weighted by atomic mass is 19.4. The third-order valence-electron chi connectivity index (χ3n) is 4.96. The third kappa shape index (κ3) is 4.53. The largest absolute Gasteiger partial charge is 0.480 e. The highest BCUT2D eigenvalue weighted by molar-refractivity contribution is 6.00. The molecule has 1 aromatic heterocycles. The fourth-order valence-corrected chi connectivity index (χ4v) is 3.27. The van der Waals surface area contributed by atoms with Crippen molar-refractivity contribution in [3.05, 3.63) is 24.0 Å². The third-order valence-corrected chi connectivity index (χ3v) is 4.96. The zero-order chi connectivity index (χ0) is 19.4. The molecule has 1 saturated carbocycles. The van der Waals surface area contributed by atoms with Crippen molar-refractivity contribution in [2.24, 2.45) is 11.3 Å². The molecule has 0 aromatic carbocycles. The summed E-state index contributed by atoms with van der Waals surface area (Å²) in [5.41, 5.74) is -2.76. The zero-order valence-corrected chi connectivity index (χ0v) is 14.5. The minimum Gasteiger partial charge on any atom is -0.480 e. The van der Waals surface area contributed by atoms with Crippen LogP contribution in [0, 0.1) is 11.3 Å². The normalized spacial score (nSPS) is 23.5. The molecule has 0 spiro atoms. The van der Waals surface area contributed by atoms with Gasteiger partial charge in [-0.05, 0) is 43.7 Å². The van der Waals surface area contributed by atoms with E-state index < -0.39 is 29.2 Å². The van der Waals surface area contributed by atoms with E-state index in [-0.39, 0.29) is 18.6 Å². The van der Waals surface area contributed by atoms with Crippen molar-refractivity contribution in [2.45, 2.75) is 58.0 Å². The molecular formula is C18H22F3NO4. The van der Waals surface area contributed by atoms with E-state index in [1.54, 1.807) is 0 Å². The molecule has 5 nitrogen and oxygen atoms in total. The van der Waals surface area contributed by atoms with Gasteiger partial charge in [-0.25, -0.2) is 4.98 Å². The van der Waals surface area contributed by atoms with Crippen LogP contribution in [0.2, 0.25) is 0 Å². The summed E-state index contributed by atoms with van der Waals surface area (Å²) in [7, 11) is 0. The fourth-order valence-electron chi connectivity index (χ4n) is 3.27. The second-order valence-corrected chi connectivity index (χ2v) is 6.74. The van der Waals surface area contributed by atoms with Crippen molar-refractivity contribution in [2.75, 3.05) is 0 Å². The molecule has 1 fully saturated rings. The molecule has 1 N–H and O–H groups in total. The molecule has 0 amide bonds. The minimum absolute atomic E-state index is 0.170. The quantitative estimate of drug-likeness (QED) is 0.589. The Morgan fingerprint density at radius 3 is 2.42 bits per heavy atom. The predicted molar refractivity (Wildman–Crippen MR) is 86.4 cm³/mol. The molecule has 0 saturated heterocycles. The molecule has 0 aliphatic heterocycles. The summed E-state index contributed by atoms with van der Waals surface area (Å²) in [6.07, 6.45) is 0.886. The highest BCUT2D eigenvalue weighted by Crippen LogP contribution is 2.42. The Hall–Kier alpha value is -2.12. The number of ether oxygens (including phenoxy) is 1.